The van der Waals surface area contributed by atoms with Gasteiger partial charge in [-0.05, 0) is 28.8 Å². The highest BCUT2D eigenvalue weighted by Crippen LogP contribution is 2.29. The van der Waals surface area contributed by atoms with Crippen molar-refractivity contribution in [3.05, 3.63) is 95.6 Å². The maximum Gasteiger partial charge on any atom is 0.353 e. The number of carbonyl (C=O) groups excluding carboxylic acids is 1. The minimum Gasteiger partial charge on any atom is -0.478 e. The molecule has 1 heterocycles. The summed E-state index contributed by atoms with van der Waals surface area (Å²) in [6, 6.07) is 25.5. The summed E-state index contributed by atoms with van der Waals surface area (Å²) < 4.78 is 11.4. The molecule has 0 saturated carbocycles. The second kappa shape index (κ2) is 6.81. The SMILES string of the molecule is O=C(Oc1ccccc1Cc1ccccc1)[C@H]1Cc2ccccc2O1. The van der Waals surface area contributed by atoms with Crippen molar-refractivity contribution in [1.82, 2.24) is 0 Å². The van der Waals surface area contributed by atoms with Crippen LogP contribution >= 0.6 is 0 Å². The van der Waals surface area contributed by atoms with Crippen LogP contribution in [0.4, 0.5) is 0 Å². The van der Waals surface area contributed by atoms with Crippen LogP contribution in [-0.4, -0.2) is 12.1 Å². The zero-order chi connectivity index (χ0) is 17.1. The number of fused-ring (bicyclic) bond motifs is 1. The summed E-state index contributed by atoms with van der Waals surface area (Å²) >= 11 is 0. The lowest BCUT2D eigenvalue weighted by molar-refractivity contribution is -0.141. The van der Waals surface area contributed by atoms with Gasteiger partial charge < -0.3 is 9.47 Å². The summed E-state index contributed by atoms with van der Waals surface area (Å²) in [5, 5.41) is 0. The summed E-state index contributed by atoms with van der Waals surface area (Å²) in [6.07, 6.45) is 0.688. The molecule has 3 aromatic rings. The average Bonchev–Trinajstić information content (AvgIpc) is 3.09. The smallest absolute Gasteiger partial charge is 0.353 e. The Morgan fingerprint density at radius 3 is 2.48 bits per heavy atom. The molecule has 3 nitrogen and oxygen atoms in total. The van der Waals surface area contributed by atoms with Crippen molar-refractivity contribution in [2.75, 3.05) is 0 Å². The van der Waals surface area contributed by atoms with Crippen LogP contribution in [0, 0.1) is 0 Å². The van der Waals surface area contributed by atoms with Crippen molar-refractivity contribution in [1.29, 1.82) is 0 Å². The Hall–Kier alpha value is -3.07. The highest BCUT2D eigenvalue weighted by molar-refractivity contribution is 5.79. The number of hydrogen-bond acceptors (Lipinski definition) is 3. The van der Waals surface area contributed by atoms with Crippen LogP contribution in [0.25, 0.3) is 0 Å². The minimum absolute atomic E-state index is 0.350. The van der Waals surface area contributed by atoms with E-state index in [4.69, 9.17) is 9.47 Å². The number of esters is 1. The van der Waals surface area contributed by atoms with Crippen molar-refractivity contribution in [2.24, 2.45) is 0 Å². The number of benzene rings is 3. The maximum atomic E-state index is 12.5. The molecule has 3 aromatic carbocycles. The van der Waals surface area contributed by atoms with Gasteiger partial charge in [-0.15, -0.1) is 0 Å². The van der Waals surface area contributed by atoms with E-state index in [2.05, 4.69) is 12.1 Å². The Bertz CT molecular complexity index is 862. The molecule has 25 heavy (non-hydrogen) atoms. The minimum atomic E-state index is -0.581. The topological polar surface area (TPSA) is 35.5 Å². The molecule has 3 heteroatoms. The third kappa shape index (κ3) is 3.41. The largest absolute Gasteiger partial charge is 0.478 e. The predicted octanol–water partition coefficient (Wildman–Crippen LogP) is 4.19. The second-order valence-corrected chi connectivity index (χ2v) is 6.11. The quantitative estimate of drug-likeness (QED) is 0.531. The Kier molecular flexibility index (Phi) is 4.21. The van der Waals surface area contributed by atoms with Gasteiger partial charge in [0.1, 0.15) is 11.5 Å². The van der Waals surface area contributed by atoms with E-state index in [0.717, 1.165) is 23.3 Å². The maximum absolute atomic E-state index is 12.5. The Morgan fingerprint density at radius 1 is 0.920 bits per heavy atom. The predicted molar refractivity (Wildman–Crippen MR) is 95.9 cm³/mol. The van der Waals surface area contributed by atoms with Gasteiger partial charge in [-0.3, -0.25) is 0 Å². The number of para-hydroxylation sites is 2. The lowest BCUT2D eigenvalue weighted by atomic mass is 10.0. The van der Waals surface area contributed by atoms with E-state index in [-0.39, 0.29) is 5.97 Å². The molecule has 1 aliphatic heterocycles. The van der Waals surface area contributed by atoms with Crippen LogP contribution in [0.5, 0.6) is 11.5 Å². The summed E-state index contributed by atoms with van der Waals surface area (Å²) in [5.41, 5.74) is 3.20. The highest BCUT2D eigenvalue weighted by atomic mass is 16.6. The number of ether oxygens (including phenoxy) is 2. The molecular weight excluding hydrogens is 312 g/mol. The molecule has 0 bridgehead atoms. The molecule has 0 aromatic heterocycles. The average molecular weight is 330 g/mol. The van der Waals surface area contributed by atoms with E-state index in [9.17, 15) is 4.79 Å². The van der Waals surface area contributed by atoms with Gasteiger partial charge in [0.25, 0.3) is 0 Å². The first kappa shape index (κ1) is 15.5. The van der Waals surface area contributed by atoms with E-state index in [1.54, 1.807) is 0 Å². The van der Waals surface area contributed by atoms with Crippen molar-refractivity contribution < 1.29 is 14.3 Å². The molecule has 0 spiro atoms. The first-order chi connectivity index (χ1) is 12.3. The van der Waals surface area contributed by atoms with Gasteiger partial charge >= 0.3 is 5.97 Å². The number of rotatable bonds is 4. The van der Waals surface area contributed by atoms with Crippen LogP contribution < -0.4 is 9.47 Å². The Balaban J connectivity index is 1.49. The molecule has 0 amide bonds. The normalized spacial score (nSPS) is 15.3. The summed E-state index contributed by atoms with van der Waals surface area (Å²) in [7, 11) is 0. The van der Waals surface area contributed by atoms with Crippen molar-refractivity contribution in [2.45, 2.75) is 18.9 Å². The van der Waals surface area contributed by atoms with E-state index in [0.29, 0.717) is 12.2 Å². The molecule has 0 unspecified atom stereocenters. The summed E-state index contributed by atoms with van der Waals surface area (Å²) in [4.78, 5) is 12.5. The Labute approximate surface area is 146 Å². The van der Waals surface area contributed by atoms with Gasteiger partial charge in [0.05, 0.1) is 0 Å². The molecule has 124 valence electrons. The van der Waals surface area contributed by atoms with Gasteiger partial charge in [-0.2, -0.15) is 0 Å². The van der Waals surface area contributed by atoms with Gasteiger partial charge in [0, 0.05) is 12.8 Å². The van der Waals surface area contributed by atoms with Crippen LogP contribution in [0.1, 0.15) is 16.7 Å². The molecule has 0 fully saturated rings. The molecule has 4 rings (SSSR count). The van der Waals surface area contributed by atoms with Crippen LogP contribution in [-0.2, 0) is 17.6 Å². The van der Waals surface area contributed by atoms with E-state index >= 15 is 0 Å². The van der Waals surface area contributed by atoms with Gasteiger partial charge in [-0.25, -0.2) is 4.79 Å². The molecule has 0 radical (unpaired) electrons. The fourth-order valence-electron chi connectivity index (χ4n) is 3.05. The van der Waals surface area contributed by atoms with Crippen molar-refractivity contribution in [3.8, 4) is 11.5 Å². The third-order valence-electron chi connectivity index (χ3n) is 4.33. The lowest BCUT2D eigenvalue weighted by Gasteiger charge is -2.13. The standard InChI is InChI=1S/C22H18O3/c23-22(21-15-18-11-5-6-12-19(18)24-21)25-20-13-7-4-10-17(20)14-16-8-2-1-3-9-16/h1-13,21H,14-15H2/t21-/m1/s1. The van der Waals surface area contributed by atoms with E-state index in [1.165, 1.54) is 5.56 Å². The molecular formula is C22H18O3. The third-order valence-corrected chi connectivity index (χ3v) is 4.33. The summed E-state index contributed by atoms with van der Waals surface area (Å²) in [6.45, 7) is 0. The van der Waals surface area contributed by atoms with Gasteiger partial charge in [0.2, 0.25) is 0 Å². The highest BCUT2D eigenvalue weighted by Gasteiger charge is 2.30. The summed E-state index contributed by atoms with van der Waals surface area (Å²) in [5.74, 6) is 1.01. The lowest BCUT2D eigenvalue weighted by Crippen LogP contribution is -2.30. The zero-order valence-electron chi connectivity index (χ0n) is 13.7. The van der Waals surface area contributed by atoms with Crippen molar-refractivity contribution >= 4 is 5.97 Å². The molecule has 0 N–H and O–H groups in total. The fraction of sp³-hybridized carbons (Fsp3) is 0.136. The molecule has 1 atom stereocenters. The molecule has 0 aliphatic carbocycles. The molecule has 0 saturated heterocycles. The zero-order valence-corrected chi connectivity index (χ0v) is 13.7. The van der Waals surface area contributed by atoms with E-state index in [1.807, 2.05) is 66.7 Å². The molecule has 1 aliphatic rings. The van der Waals surface area contributed by atoms with Gasteiger partial charge in [-0.1, -0.05) is 66.7 Å². The number of carbonyl (C=O) groups is 1. The first-order valence-corrected chi connectivity index (χ1v) is 8.38. The van der Waals surface area contributed by atoms with Gasteiger partial charge in [0.15, 0.2) is 6.10 Å². The first-order valence-electron chi connectivity index (χ1n) is 8.38. The van der Waals surface area contributed by atoms with Crippen molar-refractivity contribution in [3.63, 3.8) is 0 Å². The van der Waals surface area contributed by atoms with Crippen LogP contribution in [0.2, 0.25) is 0 Å². The van der Waals surface area contributed by atoms with E-state index < -0.39 is 6.10 Å². The van der Waals surface area contributed by atoms with Crippen LogP contribution in [0.15, 0.2) is 78.9 Å². The second-order valence-electron chi connectivity index (χ2n) is 6.11. The Morgan fingerprint density at radius 2 is 1.64 bits per heavy atom. The van der Waals surface area contributed by atoms with Crippen LogP contribution in [0.3, 0.4) is 0 Å². The monoisotopic (exact) mass is 330 g/mol. The fourth-order valence-corrected chi connectivity index (χ4v) is 3.05. The number of hydrogen-bond donors (Lipinski definition) is 0.